The van der Waals surface area contributed by atoms with Gasteiger partial charge in [0.15, 0.2) is 11.6 Å². The Morgan fingerprint density at radius 3 is 2.67 bits per heavy atom. The van der Waals surface area contributed by atoms with Gasteiger partial charge in [0.1, 0.15) is 5.52 Å². The maximum atomic E-state index is 14.2. The molecule has 24 heavy (non-hydrogen) atoms. The summed E-state index contributed by atoms with van der Waals surface area (Å²) in [7, 11) is 1.34. The van der Waals surface area contributed by atoms with Crippen molar-refractivity contribution >= 4 is 45.7 Å². The fraction of sp³-hybridized carbons (Fsp3) is 0.0625. The zero-order valence-corrected chi connectivity index (χ0v) is 13.8. The Balaban J connectivity index is 2.11. The van der Waals surface area contributed by atoms with Crippen molar-refractivity contribution in [3.63, 3.8) is 0 Å². The van der Waals surface area contributed by atoms with Crippen molar-refractivity contribution in [1.82, 2.24) is 9.97 Å². The van der Waals surface area contributed by atoms with Crippen molar-refractivity contribution in [1.29, 1.82) is 0 Å². The highest BCUT2D eigenvalue weighted by atomic mass is 35.5. The second kappa shape index (κ2) is 6.59. The van der Waals surface area contributed by atoms with E-state index in [4.69, 9.17) is 27.9 Å². The molecule has 0 aliphatic rings. The van der Waals surface area contributed by atoms with Crippen LogP contribution in [0.1, 0.15) is 10.4 Å². The van der Waals surface area contributed by atoms with Crippen LogP contribution in [0.3, 0.4) is 0 Å². The first-order valence-electron chi connectivity index (χ1n) is 6.74. The number of nitrogens with one attached hydrogen (secondary N) is 1. The molecule has 0 fully saturated rings. The molecule has 122 valence electrons. The van der Waals surface area contributed by atoms with E-state index < -0.39 is 11.7 Å². The molecule has 1 aromatic carbocycles. The van der Waals surface area contributed by atoms with Gasteiger partial charge in [0.05, 0.1) is 28.4 Å². The zero-order chi connectivity index (χ0) is 17.3. The van der Waals surface area contributed by atoms with Gasteiger partial charge in [0.25, 0.3) is 5.91 Å². The molecule has 0 unspecified atom stereocenters. The summed E-state index contributed by atoms with van der Waals surface area (Å²) >= 11 is 12.0. The molecule has 5 nitrogen and oxygen atoms in total. The Kier molecular flexibility index (Phi) is 4.51. The van der Waals surface area contributed by atoms with Gasteiger partial charge in [-0.1, -0.05) is 29.3 Å². The highest BCUT2D eigenvalue weighted by Gasteiger charge is 2.19. The van der Waals surface area contributed by atoms with E-state index in [0.717, 1.165) is 6.07 Å². The lowest BCUT2D eigenvalue weighted by molar-refractivity contribution is 0.102. The second-order valence-corrected chi connectivity index (χ2v) is 5.59. The molecule has 2 aromatic heterocycles. The van der Waals surface area contributed by atoms with Gasteiger partial charge in [0, 0.05) is 24.0 Å². The standard InChI is InChI=1S/C16H10Cl2FN3O2/c1-24-15-12(19)5-9(8-3-2-4-21-13(8)15)16(23)22-14-10(17)6-20-7-11(14)18/h2-7H,1H3,(H,20,22,23). The number of carbonyl (C=O) groups excluding carboxylic acids is 1. The average molecular weight is 366 g/mol. The first kappa shape index (κ1) is 16.4. The third kappa shape index (κ3) is 2.86. The van der Waals surface area contributed by atoms with E-state index in [1.54, 1.807) is 12.1 Å². The smallest absolute Gasteiger partial charge is 0.256 e. The molecular weight excluding hydrogens is 356 g/mol. The number of methoxy groups -OCH3 is 1. The van der Waals surface area contributed by atoms with E-state index in [1.165, 1.54) is 25.7 Å². The summed E-state index contributed by atoms with van der Waals surface area (Å²) in [4.78, 5) is 20.5. The van der Waals surface area contributed by atoms with Crippen molar-refractivity contribution in [2.75, 3.05) is 12.4 Å². The summed E-state index contributed by atoms with van der Waals surface area (Å²) in [5.74, 6) is -1.30. The average Bonchev–Trinajstić information content (AvgIpc) is 2.57. The summed E-state index contributed by atoms with van der Waals surface area (Å²) < 4.78 is 19.3. The normalized spacial score (nSPS) is 10.7. The van der Waals surface area contributed by atoms with E-state index in [2.05, 4.69) is 15.3 Å². The van der Waals surface area contributed by atoms with Crippen LogP contribution in [-0.4, -0.2) is 23.0 Å². The van der Waals surface area contributed by atoms with Gasteiger partial charge in [-0.2, -0.15) is 0 Å². The first-order chi connectivity index (χ1) is 11.5. The van der Waals surface area contributed by atoms with Crippen LogP contribution in [0.5, 0.6) is 5.75 Å². The molecule has 0 spiro atoms. The molecule has 0 atom stereocenters. The number of benzene rings is 1. The van der Waals surface area contributed by atoms with Gasteiger partial charge in [0.2, 0.25) is 0 Å². The molecular formula is C16H10Cl2FN3O2. The van der Waals surface area contributed by atoms with Crippen LogP contribution in [0.4, 0.5) is 10.1 Å². The number of pyridine rings is 2. The monoisotopic (exact) mass is 365 g/mol. The molecule has 0 bridgehead atoms. The minimum Gasteiger partial charge on any atom is -0.491 e. The van der Waals surface area contributed by atoms with Crippen LogP contribution >= 0.6 is 23.2 Å². The molecule has 3 aromatic rings. The maximum Gasteiger partial charge on any atom is 0.256 e. The fourth-order valence-electron chi connectivity index (χ4n) is 2.28. The summed E-state index contributed by atoms with van der Waals surface area (Å²) in [6.07, 6.45) is 4.18. The second-order valence-electron chi connectivity index (χ2n) is 4.77. The number of anilines is 1. The maximum absolute atomic E-state index is 14.2. The van der Waals surface area contributed by atoms with Crippen molar-refractivity contribution in [2.45, 2.75) is 0 Å². The predicted molar refractivity (Wildman–Crippen MR) is 90.5 cm³/mol. The molecule has 8 heteroatoms. The van der Waals surface area contributed by atoms with Crippen molar-refractivity contribution in [3.05, 3.63) is 58.2 Å². The van der Waals surface area contributed by atoms with Gasteiger partial charge >= 0.3 is 0 Å². The van der Waals surface area contributed by atoms with Gasteiger partial charge in [-0.15, -0.1) is 0 Å². The Morgan fingerprint density at radius 2 is 2.00 bits per heavy atom. The molecule has 0 radical (unpaired) electrons. The number of fused-ring (bicyclic) bond motifs is 1. The van der Waals surface area contributed by atoms with Crippen LogP contribution in [0.2, 0.25) is 10.0 Å². The SMILES string of the molecule is COc1c(F)cc(C(=O)Nc2c(Cl)cncc2Cl)c2cccnc12. The van der Waals surface area contributed by atoms with E-state index in [-0.39, 0.29) is 32.6 Å². The summed E-state index contributed by atoms with van der Waals surface area (Å²) in [5, 5.41) is 3.36. The van der Waals surface area contributed by atoms with E-state index >= 15 is 0 Å². The van der Waals surface area contributed by atoms with Gasteiger partial charge in [-0.3, -0.25) is 14.8 Å². The molecule has 3 rings (SSSR count). The van der Waals surface area contributed by atoms with Crippen molar-refractivity contribution < 1.29 is 13.9 Å². The largest absolute Gasteiger partial charge is 0.491 e. The van der Waals surface area contributed by atoms with Crippen LogP contribution in [0.15, 0.2) is 36.8 Å². The number of aromatic nitrogens is 2. The molecule has 0 saturated carbocycles. The lowest BCUT2D eigenvalue weighted by Crippen LogP contribution is -2.14. The highest BCUT2D eigenvalue weighted by Crippen LogP contribution is 2.32. The number of nitrogens with zero attached hydrogens (tertiary/aromatic N) is 2. The fourth-order valence-corrected chi connectivity index (χ4v) is 2.74. The molecule has 1 amide bonds. The highest BCUT2D eigenvalue weighted by molar-refractivity contribution is 6.39. The number of halogens is 3. The van der Waals surface area contributed by atoms with Crippen LogP contribution < -0.4 is 10.1 Å². The van der Waals surface area contributed by atoms with Crippen LogP contribution in [0.25, 0.3) is 10.9 Å². The minimum absolute atomic E-state index is 0.0258. The van der Waals surface area contributed by atoms with Crippen molar-refractivity contribution in [2.24, 2.45) is 0 Å². The van der Waals surface area contributed by atoms with Gasteiger partial charge in [-0.25, -0.2) is 4.39 Å². The number of hydrogen-bond acceptors (Lipinski definition) is 4. The Hall–Kier alpha value is -2.44. The molecule has 2 heterocycles. The van der Waals surface area contributed by atoms with E-state index in [1.807, 2.05) is 0 Å². The molecule has 0 aliphatic carbocycles. The van der Waals surface area contributed by atoms with E-state index in [0.29, 0.717) is 5.39 Å². The van der Waals surface area contributed by atoms with E-state index in [9.17, 15) is 9.18 Å². The van der Waals surface area contributed by atoms with Crippen LogP contribution in [-0.2, 0) is 0 Å². The number of amides is 1. The number of carbonyl (C=O) groups is 1. The Bertz CT molecular complexity index is 930. The lowest BCUT2D eigenvalue weighted by Gasteiger charge is -2.12. The topological polar surface area (TPSA) is 64.1 Å². The lowest BCUT2D eigenvalue weighted by atomic mass is 10.1. The zero-order valence-electron chi connectivity index (χ0n) is 12.3. The third-order valence-corrected chi connectivity index (χ3v) is 3.91. The first-order valence-corrected chi connectivity index (χ1v) is 7.50. The van der Waals surface area contributed by atoms with Gasteiger partial charge < -0.3 is 10.1 Å². The molecule has 0 saturated heterocycles. The number of rotatable bonds is 3. The van der Waals surface area contributed by atoms with Crippen molar-refractivity contribution in [3.8, 4) is 5.75 Å². The molecule has 1 N–H and O–H groups in total. The predicted octanol–water partition coefficient (Wildman–Crippen LogP) is 4.34. The number of ether oxygens (including phenoxy) is 1. The number of hydrogen-bond donors (Lipinski definition) is 1. The molecule has 0 aliphatic heterocycles. The third-order valence-electron chi connectivity index (χ3n) is 3.34. The van der Waals surface area contributed by atoms with Gasteiger partial charge in [-0.05, 0) is 12.1 Å². The van der Waals surface area contributed by atoms with Crippen LogP contribution in [0, 0.1) is 5.82 Å². The Labute approximate surface area is 146 Å². The summed E-state index contributed by atoms with van der Waals surface area (Å²) in [5.41, 5.74) is 0.531. The summed E-state index contributed by atoms with van der Waals surface area (Å²) in [6.45, 7) is 0. The Morgan fingerprint density at radius 1 is 1.29 bits per heavy atom. The quantitative estimate of drug-likeness (QED) is 0.749. The summed E-state index contributed by atoms with van der Waals surface area (Å²) in [6, 6.07) is 4.37. The minimum atomic E-state index is -0.694.